The van der Waals surface area contributed by atoms with Gasteiger partial charge >= 0.3 is 0 Å². The maximum atomic E-state index is 12.7. The zero-order valence-electron chi connectivity index (χ0n) is 14.9. The molecule has 134 valence electrons. The van der Waals surface area contributed by atoms with Crippen LogP contribution in [0.3, 0.4) is 0 Å². The third kappa shape index (κ3) is 2.64. The van der Waals surface area contributed by atoms with E-state index in [-0.39, 0.29) is 11.2 Å². The minimum absolute atomic E-state index is 0.0882. The molecule has 1 amide bonds. The molecule has 0 aliphatic carbocycles. The highest BCUT2D eigenvalue weighted by atomic mass is 32.2. The van der Waals surface area contributed by atoms with Crippen LogP contribution in [0.2, 0.25) is 0 Å². The summed E-state index contributed by atoms with van der Waals surface area (Å²) in [4.78, 5) is 17.2. The molecule has 0 bridgehead atoms. The molecule has 0 spiro atoms. The van der Waals surface area contributed by atoms with Crippen LogP contribution in [0.15, 0.2) is 29.4 Å². The standard InChI is InChI=1S/C17H19N7OS/c1-9-14(10(2)23(4)22-9)19-15(25)11(3)26-17-21-20-16-18-12-7-5-6-8-13(12)24(16)17/h5-8,11H,1-4H3,(H,18,20)(H,19,25). The molecule has 0 aliphatic rings. The number of hydrogen-bond donors (Lipinski definition) is 2. The Balaban J connectivity index is 1.59. The molecule has 0 saturated carbocycles. The van der Waals surface area contributed by atoms with Gasteiger partial charge < -0.3 is 5.32 Å². The number of carbonyl (C=O) groups excluding carboxylic acids is 1. The topological polar surface area (TPSA) is 92.9 Å². The van der Waals surface area contributed by atoms with Gasteiger partial charge in [-0.15, -0.1) is 5.10 Å². The van der Waals surface area contributed by atoms with Crippen molar-refractivity contribution in [1.29, 1.82) is 0 Å². The second kappa shape index (κ2) is 6.17. The van der Waals surface area contributed by atoms with Crippen LogP contribution in [-0.2, 0) is 11.8 Å². The van der Waals surface area contributed by atoms with E-state index in [0.29, 0.717) is 10.9 Å². The first-order valence-corrected chi connectivity index (χ1v) is 9.13. The van der Waals surface area contributed by atoms with Gasteiger partial charge in [0.05, 0.1) is 33.4 Å². The third-order valence-electron chi connectivity index (χ3n) is 4.41. The molecule has 0 aliphatic heterocycles. The maximum absolute atomic E-state index is 12.7. The van der Waals surface area contributed by atoms with Crippen LogP contribution >= 0.6 is 11.8 Å². The van der Waals surface area contributed by atoms with Crippen molar-refractivity contribution in [2.45, 2.75) is 31.2 Å². The number of aryl methyl sites for hydroxylation is 2. The van der Waals surface area contributed by atoms with Gasteiger partial charge in [0.25, 0.3) is 0 Å². The summed E-state index contributed by atoms with van der Waals surface area (Å²) in [7, 11) is 1.86. The zero-order valence-corrected chi connectivity index (χ0v) is 15.8. The predicted octanol–water partition coefficient (Wildman–Crippen LogP) is 2.68. The number of amides is 1. The molecule has 26 heavy (non-hydrogen) atoms. The number of carbonyl (C=O) groups is 1. The average molecular weight is 369 g/mol. The van der Waals surface area contributed by atoms with Gasteiger partial charge in [0.1, 0.15) is 0 Å². The Morgan fingerprint density at radius 3 is 2.81 bits per heavy atom. The molecule has 0 radical (unpaired) electrons. The number of H-pyrrole nitrogens is 1. The smallest absolute Gasteiger partial charge is 0.237 e. The van der Waals surface area contributed by atoms with Crippen molar-refractivity contribution in [1.82, 2.24) is 29.4 Å². The highest BCUT2D eigenvalue weighted by Gasteiger charge is 2.21. The summed E-state index contributed by atoms with van der Waals surface area (Å²) < 4.78 is 3.70. The van der Waals surface area contributed by atoms with Crippen molar-refractivity contribution in [2.24, 2.45) is 7.05 Å². The Morgan fingerprint density at radius 1 is 1.31 bits per heavy atom. The van der Waals surface area contributed by atoms with E-state index >= 15 is 0 Å². The fraction of sp³-hybridized carbons (Fsp3) is 0.294. The number of fused-ring (bicyclic) bond motifs is 3. The number of imidazole rings is 1. The van der Waals surface area contributed by atoms with Crippen LogP contribution < -0.4 is 5.32 Å². The number of aromatic amines is 1. The van der Waals surface area contributed by atoms with Gasteiger partial charge in [-0.1, -0.05) is 23.9 Å². The monoisotopic (exact) mass is 369 g/mol. The number of benzene rings is 1. The predicted molar refractivity (Wildman–Crippen MR) is 101 cm³/mol. The summed E-state index contributed by atoms with van der Waals surface area (Å²) in [5, 5.41) is 14.9. The van der Waals surface area contributed by atoms with Crippen LogP contribution in [0, 0.1) is 13.8 Å². The van der Waals surface area contributed by atoms with E-state index in [1.807, 2.05) is 56.5 Å². The van der Waals surface area contributed by atoms with Crippen molar-refractivity contribution in [3.63, 3.8) is 0 Å². The second-order valence-corrected chi connectivity index (χ2v) is 7.49. The number of nitrogens with zero attached hydrogens (tertiary/aromatic N) is 5. The molecular weight excluding hydrogens is 350 g/mol. The minimum Gasteiger partial charge on any atom is -0.322 e. The van der Waals surface area contributed by atoms with Gasteiger partial charge in [-0.2, -0.15) is 5.10 Å². The van der Waals surface area contributed by atoms with E-state index in [0.717, 1.165) is 28.1 Å². The molecule has 1 unspecified atom stereocenters. The maximum Gasteiger partial charge on any atom is 0.237 e. The van der Waals surface area contributed by atoms with Gasteiger partial charge in [-0.3, -0.25) is 13.9 Å². The van der Waals surface area contributed by atoms with Gasteiger partial charge in [-0.05, 0) is 32.9 Å². The molecule has 1 atom stereocenters. The second-order valence-electron chi connectivity index (χ2n) is 6.18. The Kier molecular flexibility index (Phi) is 3.95. The zero-order chi connectivity index (χ0) is 18.4. The normalized spacial score (nSPS) is 12.8. The first-order valence-electron chi connectivity index (χ1n) is 8.25. The van der Waals surface area contributed by atoms with E-state index in [9.17, 15) is 4.79 Å². The summed E-state index contributed by atoms with van der Waals surface area (Å²) >= 11 is 1.39. The average Bonchev–Trinajstić information content (AvgIpc) is 3.24. The van der Waals surface area contributed by atoms with Crippen molar-refractivity contribution in [3.8, 4) is 0 Å². The Morgan fingerprint density at radius 2 is 2.08 bits per heavy atom. The quantitative estimate of drug-likeness (QED) is 0.540. The number of anilines is 1. The number of aromatic nitrogens is 6. The fourth-order valence-electron chi connectivity index (χ4n) is 2.91. The molecule has 4 rings (SSSR count). The van der Waals surface area contributed by atoms with Crippen LogP contribution in [-0.4, -0.2) is 40.5 Å². The highest BCUT2D eigenvalue weighted by molar-refractivity contribution is 8.00. The van der Waals surface area contributed by atoms with Gasteiger partial charge in [0, 0.05) is 7.05 Å². The summed E-state index contributed by atoms with van der Waals surface area (Å²) in [5.74, 6) is 0.579. The fourth-order valence-corrected chi connectivity index (χ4v) is 3.78. The van der Waals surface area contributed by atoms with Gasteiger partial charge in [0.2, 0.25) is 11.7 Å². The summed E-state index contributed by atoms with van der Waals surface area (Å²) in [6, 6.07) is 7.85. The van der Waals surface area contributed by atoms with E-state index in [2.05, 4.69) is 25.6 Å². The molecular formula is C17H19N7OS. The van der Waals surface area contributed by atoms with Crippen molar-refractivity contribution >= 4 is 40.2 Å². The molecule has 8 nitrogen and oxygen atoms in total. The lowest BCUT2D eigenvalue weighted by molar-refractivity contribution is -0.115. The third-order valence-corrected chi connectivity index (χ3v) is 5.46. The van der Waals surface area contributed by atoms with Crippen LogP contribution in [0.1, 0.15) is 18.3 Å². The molecule has 3 heterocycles. The number of hydrogen-bond acceptors (Lipinski definition) is 5. The number of nitrogens with one attached hydrogen (secondary N) is 2. The van der Waals surface area contributed by atoms with Crippen molar-refractivity contribution < 1.29 is 4.79 Å². The Labute approximate surface area is 154 Å². The van der Waals surface area contributed by atoms with E-state index < -0.39 is 0 Å². The first-order chi connectivity index (χ1) is 12.5. The van der Waals surface area contributed by atoms with E-state index in [4.69, 9.17) is 0 Å². The molecule has 0 saturated heterocycles. The molecule has 4 aromatic rings. The molecule has 3 aromatic heterocycles. The summed E-state index contributed by atoms with van der Waals surface area (Å²) in [6.45, 7) is 5.68. The van der Waals surface area contributed by atoms with E-state index in [1.54, 1.807) is 4.68 Å². The largest absolute Gasteiger partial charge is 0.322 e. The number of para-hydroxylation sites is 2. The molecule has 2 N–H and O–H groups in total. The lowest BCUT2D eigenvalue weighted by Crippen LogP contribution is -2.23. The van der Waals surface area contributed by atoms with E-state index in [1.165, 1.54) is 11.8 Å². The Hall–Kier alpha value is -2.81. The highest BCUT2D eigenvalue weighted by Crippen LogP contribution is 2.27. The molecule has 0 fully saturated rings. The SMILES string of the molecule is Cc1nn(C)c(C)c1NC(=O)C(C)Sc1n[nH]c2nc3ccccc3n12. The van der Waals surface area contributed by atoms with Crippen LogP contribution in [0.5, 0.6) is 0 Å². The number of thioether (sulfide) groups is 1. The van der Waals surface area contributed by atoms with Crippen LogP contribution in [0.4, 0.5) is 5.69 Å². The first kappa shape index (κ1) is 16.6. The number of rotatable bonds is 4. The van der Waals surface area contributed by atoms with Crippen LogP contribution in [0.25, 0.3) is 16.8 Å². The molecule has 9 heteroatoms. The van der Waals surface area contributed by atoms with Gasteiger partial charge in [-0.25, -0.2) is 10.1 Å². The molecule has 1 aromatic carbocycles. The lowest BCUT2D eigenvalue weighted by Gasteiger charge is -2.11. The van der Waals surface area contributed by atoms with Crippen molar-refractivity contribution in [3.05, 3.63) is 35.7 Å². The Bertz CT molecular complexity index is 1120. The van der Waals surface area contributed by atoms with Crippen molar-refractivity contribution in [2.75, 3.05) is 5.32 Å². The summed E-state index contributed by atoms with van der Waals surface area (Å²) in [6.07, 6.45) is 0. The summed E-state index contributed by atoms with van der Waals surface area (Å²) in [5.41, 5.74) is 4.35. The van der Waals surface area contributed by atoms with Gasteiger partial charge in [0.15, 0.2) is 5.16 Å². The lowest BCUT2D eigenvalue weighted by atomic mass is 10.3. The minimum atomic E-state index is -0.332.